The van der Waals surface area contributed by atoms with E-state index in [1.807, 2.05) is 0 Å². The molecule has 5 nitrogen and oxygen atoms in total. The van der Waals surface area contributed by atoms with Crippen molar-refractivity contribution >= 4 is 11.6 Å². The average molecular weight is 240 g/mol. The molecule has 0 saturated heterocycles. The highest BCUT2D eigenvalue weighted by Gasteiger charge is 2.21. The van der Waals surface area contributed by atoms with Gasteiger partial charge in [-0.1, -0.05) is 11.8 Å². The Balaban J connectivity index is 3.09. The van der Waals surface area contributed by atoms with Gasteiger partial charge in [-0.2, -0.15) is 8.78 Å². The normalized spacial score (nSPS) is 9.29. The van der Waals surface area contributed by atoms with Crippen molar-refractivity contribution in [2.75, 3.05) is 0 Å². The van der Waals surface area contributed by atoms with Crippen LogP contribution in [0.15, 0.2) is 12.1 Å². The molecular weight excluding hydrogens is 234 g/mol. The molecule has 0 aliphatic carbocycles. The number of nitro benzene ring substituents is 1. The van der Waals surface area contributed by atoms with Crippen molar-refractivity contribution < 1.29 is 18.5 Å². The lowest BCUT2D eigenvalue weighted by Crippen LogP contribution is -2.08. The van der Waals surface area contributed by atoms with Crippen LogP contribution in [0.25, 0.3) is 0 Å². The van der Waals surface area contributed by atoms with Crippen LogP contribution in [0, 0.1) is 33.6 Å². The molecule has 2 N–H and O–H groups in total. The summed E-state index contributed by atoms with van der Waals surface area (Å²) in [6.45, 7) is 0. The van der Waals surface area contributed by atoms with Crippen LogP contribution in [-0.2, 0) is 4.79 Å². The molecule has 0 saturated carbocycles. The fraction of sp³-hybridized carbons (Fsp3) is 0.100. The van der Waals surface area contributed by atoms with Crippen LogP contribution in [0.5, 0.6) is 0 Å². The van der Waals surface area contributed by atoms with Gasteiger partial charge in [-0.3, -0.25) is 14.9 Å². The predicted molar refractivity (Wildman–Crippen MR) is 53.7 cm³/mol. The zero-order valence-corrected chi connectivity index (χ0v) is 8.37. The molecule has 0 aliphatic heterocycles. The summed E-state index contributed by atoms with van der Waals surface area (Å²) in [6.07, 6.45) is -0.264. The molecule has 0 heterocycles. The van der Waals surface area contributed by atoms with Crippen LogP contribution < -0.4 is 5.73 Å². The van der Waals surface area contributed by atoms with Gasteiger partial charge in [0.1, 0.15) is 0 Å². The Hall–Kier alpha value is -2.49. The van der Waals surface area contributed by atoms with Gasteiger partial charge in [0.05, 0.1) is 11.3 Å². The largest absolute Gasteiger partial charge is 0.369 e. The highest BCUT2D eigenvalue weighted by atomic mass is 19.1. The van der Waals surface area contributed by atoms with Crippen LogP contribution in [0.4, 0.5) is 14.5 Å². The van der Waals surface area contributed by atoms with Gasteiger partial charge in [-0.25, -0.2) is 0 Å². The van der Waals surface area contributed by atoms with E-state index >= 15 is 0 Å². The molecule has 0 atom stereocenters. The molecule has 88 valence electrons. The van der Waals surface area contributed by atoms with E-state index in [0.717, 1.165) is 12.1 Å². The Bertz CT molecular complexity index is 523. The van der Waals surface area contributed by atoms with Crippen molar-refractivity contribution in [3.63, 3.8) is 0 Å². The molecule has 1 aromatic rings. The van der Waals surface area contributed by atoms with Gasteiger partial charge in [0.2, 0.25) is 17.5 Å². The second kappa shape index (κ2) is 5.03. The molecule has 0 aromatic heterocycles. The minimum absolute atomic E-state index is 0.105. The summed E-state index contributed by atoms with van der Waals surface area (Å²) in [5, 5.41) is 10.3. The van der Waals surface area contributed by atoms with Gasteiger partial charge < -0.3 is 5.73 Å². The quantitative estimate of drug-likeness (QED) is 0.477. The van der Waals surface area contributed by atoms with E-state index < -0.39 is 28.2 Å². The maximum absolute atomic E-state index is 13.1. The smallest absolute Gasteiger partial charge is 0.340 e. The zero-order chi connectivity index (χ0) is 13.0. The molecule has 7 heteroatoms. The Labute approximate surface area is 94.4 Å². The van der Waals surface area contributed by atoms with Gasteiger partial charge >= 0.3 is 5.69 Å². The molecule has 0 spiro atoms. The monoisotopic (exact) mass is 240 g/mol. The number of amides is 1. The van der Waals surface area contributed by atoms with Crippen molar-refractivity contribution in [2.24, 2.45) is 5.73 Å². The Morgan fingerprint density at radius 3 is 2.35 bits per heavy atom. The standard InChI is InChI=1S/C10H6F2N2O3/c11-7-4-6(2-1-3-9(13)15)5-8(12)10(7)14(16)17/h4-5H,3H2,(H2,13,15). The molecule has 0 bridgehead atoms. The number of benzene rings is 1. The fourth-order valence-electron chi connectivity index (χ4n) is 1.05. The van der Waals surface area contributed by atoms with Gasteiger partial charge in [0, 0.05) is 5.56 Å². The summed E-state index contributed by atoms with van der Waals surface area (Å²) < 4.78 is 26.2. The summed E-state index contributed by atoms with van der Waals surface area (Å²) in [7, 11) is 0. The topological polar surface area (TPSA) is 86.2 Å². The van der Waals surface area contributed by atoms with E-state index in [-0.39, 0.29) is 12.0 Å². The lowest BCUT2D eigenvalue weighted by Gasteiger charge is -1.96. The van der Waals surface area contributed by atoms with Gasteiger partial charge in [-0.05, 0) is 12.1 Å². The summed E-state index contributed by atoms with van der Waals surface area (Å²) in [5.74, 6) is 1.22. The lowest BCUT2D eigenvalue weighted by atomic mass is 10.2. The summed E-state index contributed by atoms with van der Waals surface area (Å²) >= 11 is 0. The molecule has 0 aliphatic rings. The molecule has 1 rings (SSSR count). The molecule has 17 heavy (non-hydrogen) atoms. The Kier molecular flexibility index (Phi) is 3.72. The van der Waals surface area contributed by atoms with E-state index in [0.29, 0.717) is 0 Å². The molecule has 0 unspecified atom stereocenters. The molecule has 0 fully saturated rings. The second-order valence-corrected chi connectivity index (χ2v) is 2.99. The molecule has 1 aromatic carbocycles. The number of rotatable bonds is 2. The number of carbonyl (C=O) groups is 1. The van der Waals surface area contributed by atoms with Gasteiger partial charge in [0.25, 0.3) is 0 Å². The third-order valence-electron chi connectivity index (χ3n) is 1.69. The third-order valence-corrected chi connectivity index (χ3v) is 1.69. The number of nitrogens with two attached hydrogens (primary N) is 1. The van der Waals surface area contributed by atoms with Gasteiger partial charge in [-0.15, -0.1) is 0 Å². The number of hydrogen-bond donors (Lipinski definition) is 1. The minimum Gasteiger partial charge on any atom is -0.369 e. The third kappa shape index (κ3) is 3.24. The van der Waals surface area contributed by atoms with Crippen LogP contribution in [-0.4, -0.2) is 10.8 Å². The van der Waals surface area contributed by atoms with Crippen molar-refractivity contribution in [2.45, 2.75) is 6.42 Å². The van der Waals surface area contributed by atoms with Crippen LogP contribution in [0.1, 0.15) is 12.0 Å². The highest BCUT2D eigenvalue weighted by molar-refractivity contribution is 5.76. The van der Waals surface area contributed by atoms with Crippen LogP contribution in [0.3, 0.4) is 0 Å². The van der Waals surface area contributed by atoms with E-state index in [9.17, 15) is 23.7 Å². The first kappa shape index (κ1) is 12.6. The minimum atomic E-state index is -1.32. The maximum Gasteiger partial charge on any atom is 0.340 e. The second-order valence-electron chi connectivity index (χ2n) is 2.99. The first-order chi connectivity index (χ1) is 7.91. The van der Waals surface area contributed by atoms with E-state index in [2.05, 4.69) is 11.8 Å². The Morgan fingerprint density at radius 1 is 1.41 bits per heavy atom. The summed E-state index contributed by atoms with van der Waals surface area (Å²) in [6, 6.07) is 1.43. The average Bonchev–Trinajstić information content (AvgIpc) is 2.14. The van der Waals surface area contributed by atoms with E-state index in [1.54, 1.807) is 0 Å². The van der Waals surface area contributed by atoms with E-state index in [1.165, 1.54) is 0 Å². The van der Waals surface area contributed by atoms with Crippen molar-refractivity contribution in [3.8, 4) is 11.8 Å². The van der Waals surface area contributed by atoms with Crippen LogP contribution >= 0.6 is 0 Å². The fourth-order valence-corrected chi connectivity index (χ4v) is 1.05. The Morgan fingerprint density at radius 2 is 1.94 bits per heavy atom. The van der Waals surface area contributed by atoms with Crippen LogP contribution in [0.2, 0.25) is 0 Å². The molecular formula is C10H6F2N2O3. The SMILES string of the molecule is NC(=O)CC#Cc1cc(F)c([N+](=O)[O-])c(F)c1. The molecule has 1 amide bonds. The number of primary amides is 1. The number of halogens is 2. The van der Waals surface area contributed by atoms with Gasteiger partial charge in [0.15, 0.2) is 0 Å². The number of carbonyl (C=O) groups excluding carboxylic acids is 1. The van der Waals surface area contributed by atoms with Crippen molar-refractivity contribution in [1.29, 1.82) is 0 Å². The number of nitro groups is 1. The highest BCUT2D eigenvalue weighted by Crippen LogP contribution is 2.22. The summed E-state index contributed by atoms with van der Waals surface area (Å²) in [5.41, 5.74) is 3.47. The summed E-state index contributed by atoms with van der Waals surface area (Å²) in [4.78, 5) is 19.5. The zero-order valence-electron chi connectivity index (χ0n) is 8.37. The molecule has 0 radical (unpaired) electrons. The van der Waals surface area contributed by atoms with E-state index in [4.69, 9.17) is 5.73 Å². The lowest BCUT2D eigenvalue weighted by molar-refractivity contribution is -0.390. The van der Waals surface area contributed by atoms with Crippen molar-refractivity contribution in [1.82, 2.24) is 0 Å². The number of nitrogens with zero attached hydrogens (tertiary/aromatic N) is 1. The maximum atomic E-state index is 13.1. The predicted octanol–water partition coefficient (Wildman–Crippen LogP) is 1.10. The first-order valence-electron chi connectivity index (χ1n) is 4.32. The first-order valence-corrected chi connectivity index (χ1v) is 4.32. The number of hydrogen-bond acceptors (Lipinski definition) is 3. The van der Waals surface area contributed by atoms with Crippen molar-refractivity contribution in [3.05, 3.63) is 39.4 Å².